The normalized spacial score (nSPS) is 12.2. The third kappa shape index (κ3) is 9.69. The van der Waals surface area contributed by atoms with Gasteiger partial charge >= 0.3 is 0 Å². The van der Waals surface area contributed by atoms with E-state index in [0.717, 1.165) is 45.0 Å². The first kappa shape index (κ1) is 37.0. The lowest BCUT2D eigenvalue weighted by atomic mass is 9.97. The number of nitrogens with zero attached hydrogens (tertiary/aromatic N) is 2. The fourth-order valence-electron chi connectivity index (χ4n) is 5.70. The standard InChI is InChI=1S/C38H42ClN4O3PS2/c1-4-28(25-46-48-3)17-19-41-38-35(24-40-26-42-38)37(44)36-23-30(27(2)49-36)21-31-22-32(39)16-15-29(31)18-20-43-47(45,33-11-7-5-8-12-33)34-13-9-6-10-14-34/h5-16,22-24,26,28H,4,17-21,25H2,1-3H3,(H,43,45)(H,40,41,42). The molecule has 5 aromatic rings. The average Bonchev–Trinajstić information content (AvgIpc) is 3.50. The number of aryl methyl sites for hydroxylation is 1. The van der Waals surface area contributed by atoms with Gasteiger partial charge in [0.25, 0.3) is 0 Å². The van der Waals surface area contributed by atoms with Crippen LogP contribution in [0, 0.1) is 12.8 Å². The molecule has 3 aromatic carbocycles. The van der Waals surface area contributed by atoms with Crippen LogP contribution in [0.15, 0.2) is 97.5 Å². The number of nitrogens with one attached hydrogen (secondary N) is 2. The molecule has 49 heavy (non-hydrogen) atoms. The molecule has 0 saturated carbocycles. The van der Waals surface area contributed by atoms with Crippen LogP contribution in [0.5, 0.6) is 0 Å². The second-order valence-corrected chi connectivity index (χ2v) is 16.6. The molecule has 2 N–H and O–H groups in total. The summed E-state index contributed by atoms with van der Waals surface area (Å²) in [4.78, 5) is 24.1. The molecule has 2 heterocycles. The summed E-state index contributed by atoms with van der Waals surface area (Å²) in [5, 5.41) is 8.99. The van der Waals surface area contributed by atoms with Crippen LogP contribution < -0.4 is 21.0 Å². The predicted molar refractivity (Wildman–Crippen MR) is 207 cm³/mol. The summed E-state index contributed by atoms with van der Waals surface area (Å²) in [6, 6.07) is 27.1. The maximum Gasteiger partial charge on any atom is 0.208 e. The molecule has 1 unspecified atom stereocenters. The molecule has 0 aliphatic rings. The molecule has 0 spiro atoms. The molecule has 0 fully saturated rings. The van der Waals surface area contributed by atoms with Crippen molar-refractivity contribution in [2.24, 2.45) is 5.92 Å². The number of rotatable bonds is 18. The lowest BCUT2D eigenvalue weighted by Gasteiger charge is -2.21. The summed E-state index contributed by atoms with van der Waals surface area (Å²) in [6.45, 7) is 6.08. The molecule has 2 aromatic heterocycles. The lowest BCUT2D eigenvalue weighted by molar-refractivity contribution is 0.104. The zero-order valence-corrected chi connectivity index (χ0v) is 31.3. The number of benzene rings is 3. The molecule has 7 nitrogen and oxygen atoms in total. The summed E-state index contributed by atoms with van der Waals surface area (Å²) in [6.07, 6.45) is 8.18. The number of anilines is 1. The SMILES string of the molecule is CCC(CCNc1ncncc1C(=O)c1cc(Cc2cc(Cl)ccc2CCNP(=O)(c2ccccc2)c2ccccc2)c(C)s1)COSC. The van der Waals surface area contributed by atoms with Crippen LogP contribution in [0.1, 0.15) is 56.6 Å². The van der Waals surface area contributed by atoms with E-state index in [1.165, 1.54) is 29.7 Å². The Labute approximate surface area is 302 Å². The van der Waals surface area contributed by atoms with E-state index in [2.05, 4.69) is 27.3 Å². The number of hydrogen-bond acceptors (Lipinski definition) is 8. The molecule has 1 atom stereocenters. The number of ketones is 1. The van der Waals surface area contributed by atoms with E-state index < -0.39 is 7.29 Å². The van der Waals surface area contributed by atoms with Crippen LogP contribution >= 0.6 is 42.3 Å². The summed E-state index contributed by atoms with van der Waals surface area (Å²) in [5.41, 5.74) is 3.71. The summed E-state index contributed by atoms with van der Waals surface area (Å²) < 4.78 is 20.0. The third-order valence-electron chi connectivity index (χ3n) is 8.56. The van der Waals surface area contributed by atoms with Crippen LogP contribution in [0.2, 0.25) is 5.02 Å². The van der Waals surface area contributed by atoms with Crippen molar-refractivity contribution in [3.05, 3.63) is 134 Å². The van der Waals surface area contributed by atoms with Crippen LogP contribution in [-0.2, 0) is 21.6 Å². The number of carbonyl (C=O) groups is 1. The smallest absolute Gasteiger partial charge is 0.208 e. The van der Waals surface area contributed by atoms with Gasteiger partial charge in [-0.15, -0.1) is 11.3 Å². The van der Waals surface area contributed by atoms with Crippen molar-refractivity contribution in [1.82, 2.24) is 15.1 Å². The Morgan fingerprint density at radius 1 is 0.980 bits per heavy atom. The van der Waals surface area contributed by atoms with Gasteiger partial charge in [-0.05, 0) is 103 Å². The Kier molecular flexibility index (Phi) is 13.6. The van der Waals surface area contributed by atoms with Crippen molar-refractivity contribution in [2.45, 2.75) is 39.5 Å². The fraction of sp³-hybridized carbons (Fsp3) is 0.289. The fourth-order valence-corrected chi connectivity index (χ4v) is 9.50. The minimum Gasteiger partial charge on any atom is -0.369 e. The Morgan fingerprint density at radius 2 is 1.69 bits per heavy atom. The minimum atomic E-state index is -3.05. The molecule has 0 radical (unpaired) electrons. The highest BCUT2D eigenvalue weighted by atomic mass is 35.5. The second-order valence-electron chi connectivity index (χ2n) is 11.8. The quantitative estimate of drug-likeness (QED) is 0.0527. The number of thiophene rings is 1. The monoisotopic (exact) mass is 732 g/mol. The molecular formula is C38H42ClN4O3PS2. The molecular weight excluding hydrogens is 691 g/mol. The average molecular weight is 733 g/mol. The van der Waals surface area contributed by atoms with Gasteiger partial charge in [0.2, 0.25) is 13.1 Å². The van der Waals surface area contributed by atoms with Gasteiger partial charge in [0.15, 0.2) is 0 Å². The number of aromatic nitrogens is 2. The maximum atomic E-state index is 14.4. The highest BCUT2D eigenvalue weighted by molar-refractivity contribution is 7.93. The summed E-state index contributed by atoms with van der Waals surface area (Å²) >= 11 is 9.36. The van der Waals surface area contributed by atoms with E-state index in [9.17, 15) is 9.36 Å². The Hall–Kier alpha value is -3.30. The first-order chi connectivity index (χ1) is 23.8. The highest BCUT2D eigenvalue weighted by Crippen LogP contribution is 2.38. The summed E-state index contributed by atoms with van der Waals surface area (Å²) in [7, 11) is -3.05. The van der Waals surface area contributed by atoms with Crippen molar-refractivity contribution in [1.29, 1.82) is 0 Å². The Balaban J connectivity index is 1.29. The Morgan fingerprint density at radius 3 is 2.37 bits per heavy atom. The molecule has 0 saturated heterocycles. The molecule has 0 aliphatic carbocycles. The van der Waals surface area contributed by atoms with E-state index in [-0.39, 0.29) is 5.78 Å². The van der Waals surface area contributed by atoms with E-state index in [0.29, 0.717) is 59.7 Å². The molecule has 0 bridgehead atoms. The predicted octanol–water partition coefficient (Wildman–Crippen LogP) is 8.51. The van der Waals surface area contributed by atoms with Gasteiger partial charge in [0, 0.05) is 46.1 Å². The van der Waals surface area contributed by atoms with Crippen LogP contribution in [0.4, 0.5) is 5.82 Å². The lowest BCUT2D eigenvalue weighted by Crippen LogP contribution is -2.29. The van der Waals surface area contributed by atoms with E-state index in [4.69, 9.17) is 15.8 Å². The van der Waals surface area contributed by atoms with Crippen LogP contribution in [-0.4, -0.2) is 41.7 Å². The van der Waals surface area contributed by atoms with Gasteiger partial charge in [0.05, 0.1) is 17.0 Å². The van der Waals surface area contributed by atoms with Crippen molar-refractivity contribution in [3.63, 3.8) is 0 Å². The number of hydrogen-bond donors (Lipinski definition) is 2. The Bertz CT molecular complexity index is 1830. The largest absolute Gasteiger partial charge is 0.369 e. The van der Waals surface area contributed by atoms with Crippen molar-refractivity contribution in [2.75, 3.05) is 31.3 Å². The molecule has 5 rings (SSSR count). The van der Waals surface area contributed by atoms with Crippen LogP contribution in [0.3, 0.4) is 0 Å². The highest BCUT2D eigenvalue weighted by Gasteiger charge is 2.26. The molecule has 0 aliphatic heterocycles. The second kappa shape index (κ2) is 18.1. The van der Waals surface area contributed by atoms with Gasteiger partial charge < -0.3 is 9.50 Å². The zero-order chi connectivity index (χ0) is 34.6. The van der Waals surface area contributed by atoms with Crippen LogP contribution in [0.25, 0.3) is 0 Å². The van der Waals surface area contributed by atoms with E-state index >= 15 is 0 Å². The van der Waals surface area contributed by atoms with Crippen molar-refractivity contribution in [3.8, 4) is 0 Å². The first-order valence-electron chi connectivity index (χ1n) is 16.4. The number of halogens is 1. The molecule has 11 heteroatoms. The molecule has 256 valence electrons. The minimum absolute atomic E-state index is 0.103. The first-order valence-corrected chi connectivity index (χ1v) is 20.4. The maximum absolute atomic E-state index is 14.4. The summed E-state index contributed by atoms with van der Waals surface area (Å²) in [5.74, 6) is 0.863. The van der Waals surface area contributed by atoms with Gasteiger partial charge in [0.1, 0.15) is 12.1 Å². The third-order valence-corrected chi connectivity index (χ3v) is 13.0. The van der Waals surface area contributed by atoms with E-state index in [1.54, 1.807) is 6.20 Å². The van der Waals surface area contributed by atoms with Gasteiger partial charge in [-0.1, -0.05) is 67.4 Å². The molecule has 0 amide bonds. The van der Waals surface area contributed by atoms with Crippen molar-refractivity contribution < 1.29 is 13.5 Å². The number of carbonyl (C=O) groups excluding carboxylic acids is 1. The topological polar surface area (TPSA) is 93.2 Å². The van der Waals surface area contributed by atoms with Gasteiger partial charge in [-0.3, -0.25) is 14.4 Å². The van der Waals surface area contributed by atoms with Gasteiger partial charge in [-0.25, -0.2) is 9.97 Å². The van der Waals surface area contributed by atoms with Crippen molar-refractivity contribution >= 4 is 64.5 Å². The van der Waals surface area contributed by atoms with Gasteiger partial charge in [-0.2, -0.15) is 0 Å². The zero-order valence-electron chi connectivity index (χ0n) is 28.0. The van der Waals surface area contributed by atoms with E-state index in [1.807, 2.05) is 98.1 Å².